The second kappa shape index (κ2) is 6.44. The molecular weight excluding hydrogens is 376 g/mol. The minimum Gasteiger partial charge on any atom is -0.0876 e. The van der Waals surface area contributed by atoms with Gasteiger partial charge < -0.3 is 0 Å². The molecule has 0 saturated carbocycles. The topological polar surface area (TPSA) is 0 Å². The lowest BCUT2D eigenvalue weighted by Crippen LogP contribution is -2.10. The number of hydrogen-bond acceptors (Lipinski definition) is 0. The molecule has 0 aliphatic heterocycles. The first kappa shape index (κ1) is 15.8. The van der Waals surface area contributed by atoms with Crippen molar-refractivity contribution >= 4 is 31.9 Å². The second-order valence-electron chi connectivity index (χ2n) is 6.13. The maximum absolute atomic E-state index is 3.55. The van der Waals surface area contributed by atoms with Crippen LogP contribution in [0.1, 0.15) is 37.5 Å². The van der Waals surface area contributed by atoms with Crippen molar-refractivity contribution in [3.8, 4) is 11.1 Å². The zero-order chi connectivity index (χ0) is 14.8. The van der Waals surface area contributed by atoms with Crippen molar-refractivity contribution in [3.63, 3.8) is 0 Å². The zero-order valence-corrected chi connectivity index (χ0v) is 15.4. The molecule has 0 spiro atoms. The third kappa shape index (κ3) is 3.73. The summed E-state index contributed by atoms with van der Waals surface area (Å²) in [5.41, 5.74) is 6.78. The Labute approximate surface area is 138 Å². The van der Waals surface area contributed by atoms with E-state index in [-0.39, 0.29) is 5.41 Å². The van der Waals surface area contributed by atoms with Gasteiger partial charge in [-0.25, -0.2) is 0 Å². The highest BCUT2D eigenvalue weighted by Crippen LogP contribution is 2.28. The first-order valence-corrected chi connectivity index (χ1v) is 9.04. The van der Waals surface area contributed by atoms with E-state index in [1.165, 1.54) is 27.8 Å². The Morgan fingerprint density at radius 1 is 0.750 bits per heavy atom. The number of halogens is 2. The van der Waals surface area contributed by atoms with E-state index in [1.54, 1.807) is 0 Å². The van der Waals surface area contributed by atoms with Crippen LogP contribution in [-0.2, 0) is 16.1 Å². The monoisotopic (exact) mass is 394 g/mol. The molecule has 0 aliphatic rings. The van der Waals surface area contributed by atoms with E-state index in [0.717, 1.165) is 10.7 Å². The smallest absolute Gasteiger partial charge is 0.0283 e. The van der Waals surface area contributed by atoms with Crippen molar-refractivity contribution in [2.45, 2.75) is 36.8 Å². The molecule has 2 heteroatoms. The van der Waals surface area contributed by atoms with Gasteiger partial charge in [0.1, 0.15) is 0 Å². The highest BCUT2D eigenvalue weighted by atomic mass is 79.9. The molecule has 0 unspecified atom stereocenters. The molecule has 0 heterocycles. The predicted molar refractivity (Wildman–Crippen MR) is 95.8 cm³/mol. The highest BCUT2D eigenvalue weighted by molar-refractivity contribution is 9.08. The summed E-state index contributed by atoms with van der Waals surface area (Å²) in [6.45, 7) is 6.74. The summed E-state index contributed by atoms with van der Waals surface area (Å²) in [5.74, 6) is 0. The van der Waals surface area contributed by atoms with Crippen LogP contribution in [0.25, 0.3) is 11.1 Å². The first-order valence-electron chi connectivity index (χ1n) is 6.80. The quantitative estimate of drug-likeness (QED) is 0.524. The molecule has 20 heavy (non-hydrogen) atoms. The Morgan fingerprint density at radius 3 is 1.65 bits per heavy atom. The fraction of sp³-hybridized carbons (Fsp3) is 0.333. The van der Waals surface area contributed by atoms with Crippen molar-refractivity contribution in [1.29, 1.82) is 0 Å². The summed E-state index contributed by atoms with van der Waals surface area (Å²) in [4.78, 5) is 0. The lowest BCUT2D eigenvalue weighted by atomic mass is 9.86. The van der Waals surface area contributed by atoms with Gasteiger partial charge in [0.25, 0.3) is 0 Å². The molecule has 0 N–H and O–H groups in total. The third-order valence-electron chi connectivity index (χ3n) is 3.45. The van der Waals surface area contributed by atoms with Crippen molar-refractivity contribution in [3.05, 3.63) is 59.2 Å². The standard InChI is InChI=1S/C18H20Br2/c1-18(2,3)17-6-4-15(5-7-17)16-9-13(11-19)8-14(10-16)12-20/h4-10H,11-12H2,1-3H3. The fourth-order valence-electron chi connectivity index (χ4n) is 2.25. The fourth-order valence-corrected chi connectivity index (χ4v) is 2.89. The van der Waals surface area contributed by atoms with Crippen LogP contribution in [0, 0.1) is 0 Å². The van der Waals surface area contributed by atoms with Gasteiger partial charge in [-0.05, 0) is 33.2 Å². The number of benzene rings is 2. The second-order valence-corrected chi connectivity index (χ2v) is 7.25. The molecule has 2 aromatic carbocycles. The normalized spacial score (nSPS) is 11.7. The molecule has 0 nitrogen and oxygen atoms in total. The van der Waals surface area contributed by atoms with Crippen LogP contribution in [0.15, 0.2) is 42.5 Å². The molecular formula is C18H20Br2. The van der Waals surface area contributed by atoms with Crippen molar-refractivity contribution in [2.75, 3.05) is 0 Å². The molecule has 2 aromatic rings. The van der Waals surface area contributed by atoms with Crippen LogP contribution in [0.4, 0.5) is 0 Å². The van der Waals surface area contributed by atoms with E-state index < -0.39 is 0 Å². The number of rotatable bonds is 3. The van der Waals surface area contributed by atoms with Gasteiger partial charge in [-0.15, -0.1) is 0 Å². The van der Waals surface area contributed by atoms with Gasteiger partial charge in [0.05, 0.1) is 0 Å². The van der Waals surface area contributed by atoms with E-state index in [2.05, 4.69) is 95.1 Å². The van der Waals surface area contributed by atoms with Crippen molar-refractivity contribution < 1.29 is 0 Å². The van der Waals surface area contributed by atoms with E-state index >= 15 is 0 Å². The van der Waals surface area contributed by atoms with Crippen molar-refractivity contribution in [1.82, 2.24) is 0 Å². The third-order valence-corrected chi connectivity index (χ3v) is 4.74. The average Bonchev–Trinajstić information content (AvgIpc) is 2.46. The summed E-state index contributed by atoms with van der Waals surface area (Å²) in [6.07, 6.45) is 0. The van der Waals surface area contributed by atoms with Gasteiger partial charge in [0, 0.05) is 10.7 Å². The highest BCUT2D eigenvalue weighted by Gasteiger charge is 2.13. The maximum atomic E-state index is 3.55. The Kier molecular flexibility index (Phi) is 5.09. The van der Waals surface area contributed by atoms with Crippen LogP contribution < -0.4 is 0 Å². The van der Waals surface area contributed by atoms with Crippen LogP contribution in [0.3, 0.4) is 0 Å². The molecule has 0 aromatic heterocycles. The van der Waals surface area contributed by atoms with Crippen molar-refractivity contribution in [2.24, 2.45) is 0 Å². The zero-order valence-electron chi connectivity index (χ0n) is 12.2. The summed E-state index contributed by atoms with van der Waals surface area (Å²) >= 11 is 7.10. The molecule has 0 aliphatic carbocycles. The molecule has 0 atom stereocenters. The van der Waals surface area contributed by atoms with Gasteiger partial charge in [0.15, 0.2) is 0 Å². The Morgan fingerprint density at radius 2 is 1.25 bits per heavy atom. The Bertz CT molecular complexity index is 555. The lowest BCUT2D eigenvalue weighted by Gasteiger charge is -2.19. The van der Waals surface area contributed by atoms with Crippen LogP contribution >= 0.6 is 31.9 Å². The summed E-state index contributed by atoms with van der Waals surface area (Å²) < 4.78 is 0. The van der Waals surface area contributed by atoms with Crippen LogP contribution in [-0.4, -0.2) is 0 Å². The molecule has 0 radical (unpaired) electrons. The van der Waals surface area contributed by atoms with E-state index in [9.17, 15) is 0 Å². The lowest BCUT2D eigenvalue weighted by molar-refractivity contribution is 0.590. The van der Waals surface area contributed by atoms with Crippen LogP contribution in [0.5, 0.6) is 0 Å². The first-order chi connectivity index (χ1) is 9.44. The van der Waals surface area contributed by atoms with E-state index in [4.69, 9.17) is 0 Å². The number of alkyl halides is 2. The minimum atomic E-state index is 0.206. The molecule has 2 rings (SSSR count). The van der Waals surface area contributed by atoms with Gasteiger partial charge in [-0.3, -0.25) is 0 Å². The van der Waals surface area contributed by atoms with Gasteiger partial charge >= 0.3 is 0 Å². The largest absolute Gasteiger partial charge is 0.0876 e. The maximum Gasteiger partial charge on any atom is 0.0283 e. The molecule has 0 bridgehead atoms. The van der Waals surface area contributed by atoms with Crippen LogP contribution in [0.2, 0.25) is 0 Å². The molecule has 106 valence electrons. The molecule has 0 saturated heterocycles. The summed E-state index contributed by atoms with van der Waals surface area (Å²) in [5, 5.41) is 1.78. The van der Waals surface area contributed by atoms with E-state index in [1.807, 2.05) is 0 Å². The van der Waals surface area contributed by atoms with Gasteiger partial charge in [-0.2, -0.15) is 0 Å². The van der Waals surface area contributed by atoms with E-state index in [0.29, 0.717) is 0 Å². The molecule has 0 amide bonds. The Hall–Kier alpha value is -0.600. The average molecular weight is 396 g/mol. The molecule has 0 fully saturated rings. The summed E-state index contributed by atoms with van der Waals surface area (Å²) in [6, 6.07) is 15.7. The van der Waals surface area contributed by atoms with Gasteiger partial charge in [-0.1, -0.05) is 95.1 Å². The summed E-state index contributed by atoms with van der Waals surface area (Å²) in [7, 11) is 0. The SMILES string of the molecule is CC(C)(C)c1ccc(-c2cc(CBr)cc(CBr)c2)cc1. The Balaban J connectivity index is 2.41. The minimum absolute atomic E-state index is 0.206. The number of hydrogen-bond donors (Lipinski definition) is 0. The predicted octanol–water partition coefficient (Wildman–Crippen LogP) is 6.44. The van der Waals surface area contributed by atoms with Gasteiger partial charge in [0.2, 0.25) is 0 Å².